The molecule has 0 aromatic heterocycles. The third-order valence-electron chi connectivity index (χ3n) is 3.01. The van der Waals surface area contributed by atoms with E-state index in [1.165, 1.54) is 10.4 Å². The lowest BCUT2D eigenvalue weighted by Crippen LogP contribution is -2.50. The zero-order valence-electron chi connectivity index (χ0n) is 10.6. The van der Waals surface area contributed by atoms with E-state index in [2.05, 4.69) is 6.58 Å². The van der Waals surface area contributed by atoms with Gasteiger partial charge in [-0.25, -0.2) is 0 Å². The Morgan fingerprint density at radius 2 is 2.22 bits per heavy atom. The van der Waals surface area contributed by atoms with Crippen LogP contribution in [-0.4, -0.2) is 53.8 Å². The lowest BCUT2D eigenvalue weighted by molar-refractivity contribution is -0.137. The number of piperidine rings is 1. The summed E-state index contributed by atoms with van der Waals surface area (Å²) in [5, 5.41) is 8.78. The van der Waals surface area contributed by atoms with Gasteiger partial charge in [-0.05, 0) is 19.8 Å². The molecule has 0 amide bonds. The molecule has 1 saturated heterocycles. The smallest absolute Gasteiger partial charge is 0.318 e. The first-order valence-electron chi connectivity index (χ1n) is 5.99. The molecule has 0 radical (unpaired) electrons. The molecule has 1 unspecified atom stereocenters. The van der Waals surface area contributed by atoms with E-state index >= 15 is 0 Å². The molecular weight excluding hydrogens is 256 g/mol. The van der Waals surface area contributed by atoms with Gasteiger partial charge >= 0.3 is 5.97 Å². The molecule has 1 heterocycles. The van der Waals surface area contributed by atoms with Crippen molar-refractivity contribution in [3.8, 4) is 0 Å². The van der Waals surface area contributed by atoms with Crippen molar-refractivity contribution in [1.82, 2.24) is 8.61 Å². The highest BCUT2D eigenvalue weighted by Crippen LogP contribution is 2.22. The molecule has 1 atom stereocenters. The van der Waals surface area contributed by atoms with Crippen LogP contribution in [0.5, 0.6) is 0 Å². The summed E-state index contributed by atoms with van der Waals surface area (Å²) in [6.45, 7) is 5.26. The molecule has 0 aromatic rings. The molecule has 1 N–H and O–H groups in total. The first-order valence-corrected chi connectivity index (χ1v) is 7.39. The third-order valence-corrected chi connectivity index (χ3v) is 5.07. The Labute approximate surface area is 108 Å². The maximum Gasteiger partial charge on any atom is 0.318 e. The lowest BCUT2D eigenvalue weighted by Gasteiger charge is -2.35. The number of hydrogen-bond donors (Lipinski definition) is 1. The third kappa shape index (κ3) is 3.54. The highest BCUT2D eigenvalue weighted by molar-refractivity contribution is 7.86. The van der Waals surface area contributed by atoms with Crippen LogP contribution in [0.15, 0.2) is 12.7 Å². The summed E-state index contributed by atoms with van der Waals surface area (Å²) >= 11 is 0. The van der Waals surface area contributed by atoms with Crippen molar-refractivity contribution in [2.24, 2.45) is 0 Å². The fourth-order valence-corrected chi connectivity index (χ4v) is 3.88. The summed E-state index contributed by atoms with van der Waals surface area (Å²) in [5.41, 5.74) is 0. The second-order valence-electron chi connectivity index (χ2n) is 4.44. The van der Waals surface area contributed by atoms with Crippen molar-refractivity contribution < 1.29 is 18.3 Å². The molecule has 1 fully saturated rings. The normalized spacial score (nSPS) is 22.0. The molecule has 0 saturated carbocycles. The number of nitrogens with zero attached hydrogens (tertiary/aromatic N) is 2. The topological polar surface area (TPSA) is 77.9 Å². The standard InChI is InChI=1S/C11H20N2O4S/c1-3-7-12(9-11(14)15)18(16,17)13-8-5-4-6-10(13)2/h3,10H,1,4-9H2,2H3,(H,14,15). The fourth-order valence-electron chi connectivity index (χ4n) is 2.10. The molecule has 1 aliphatic heterocycles. The van der Waals surface area contributed by atoms with Crippen LogP contribution in [0, 0.1) is 0 Å². The van der Waals surface area contributed by atoms with Crippen molar-refractivity contribution in [3.05, 3.63) is 12.7 Å². The van der Waals surface area contributed by atoms with E-state index in [9.17, 15) is 13.2 Å². The minimum atomic E-state index is -3.72. The predicted molar refractivity (Wildman–Crippen MR) is 68.3 cm³/mol. The SMILES string of the molecule is C=CCN(CC(=O)O)S(=O)(=O)N1CCCCC1C. The molecule has 7 heteroatoms. The van der Waals surface area contributed by atoms with Crippen LogP contribution in [0.1, 0.15) is 26.2 Å². The summed E-state index contributed by atoms with van der Waals surface area (Å²) in [5.74, 6) is -1.16. The van der Waals surface area contributed by atoms with Gasteiger partial charge in [-0.15, -0.1) is 6.58 Å². The Morgan fingerprint density at radius 1 is 1.56 bits per heavy atom. The van der Waals surface area contributed by atoms with Crippen LogP contribution in [0.4, 0.5) is 0 Å². The van der Waals surface area contributed by atoms with Crippen molar-refractivity contribution >= 4 is 16.2 Å². The first kappa shape index (κ1) is 15.1. The van der Waals surface area contributed by atoms with Crippen molar-refractivity contribution in [2.45, 2.75) is 32.2 Å². The molecule has 1 aliphatic rings. The maximum atomic E-state index is 12.4. The van der Waals surface area contributed by atoms with Gasteiger partial charge in [0.15, 0.2) is 0 Å². The molecule has 1 rings (SSSR count). The predicted octanol–water partition coefficient (Wildman–Crippen LogP) is 0.678. The van der Waals surface area contributed by atoms with Crippen LogP contribution < -0.4 is 0 Å². The van der Waals surface area contributed by atoms with Gasteiger partial charge in [-0.1, -0.05) is 12.5 Å². The van der Waals surface area contributed by atoms with E-state index < -0.39 is 22.7 Å². The maximum absolute atomic E-state index is 12.4. The van der Waals surface area contributed by atoms with Gasteiger partial charge in [0.2, 0.25) is 0 Å². The number of carboxylic acid groups (broad SMARTS) is 1. The Bertz CT molecular complexity index is 407. The van der Waals surface area contributed by atoms with E-state index in [4.69, 9.17) is 5.11 Å². The van der Waals surface area contributed by atoms with Crippen LogP contribution in [0.2, 0.25) is 0 Å². The van der Waals surface area contributed by atoms with Gasteiger partial charge in [0.1, 0.15) is 6.54 Å². The number of carboxylic acids is 1. The Kier molecular flexibility index (Phi) is 5.30. The highest BCUT2D eigenvalue weighted by Gasteiger charge is 2.34. The highest BCUT2D eigenvalue weighted by atomic mass is 32.2. The van der Waals surface area contributed by atoms with Gasteiger partial charge in [-0.3, -0.25) is 4.79 Å². The first-order chi connectivity index (χ1) is 8.39. The van der Waals surface area contributed by atoms with Gasteiger partial charge < -0.3 is 5.11 Å². The number of carbonyl (C=O) groups is 1. The number of hydrogen-bond acceptors (Lipinski definition) is 3. The average Bonchev–Trinajstić information content (AvgIpc) is 2.28. The summed E-state index contributed by atoms with van der Waals surface area (Å²) in [6.07, 6.45) is 4.04. The van der Waals surface area contributed by atoms with E-state index in [0.717, 1.165) is 23.6 Å². The Hall–Kier alpha value is -0.920. The second kappa shape index (κ2) is 6.31. The molecule has 104 valence electrons. The van der Waals surface area contributed by atoms with Gasteiger partial charge in [0, 0.05) is 19.1 Å². The van der Waals surface area contributed by atoms with E-state index in [1.807, 2.05) is 6.92 Å². The van der Waals surface area contributed by atoms with Crippen LogP contribution >= 0.6 is 0 Å². The van der Waals surface area contributed by atoms with Crippen LogP contribution in [0.25, 0.3) is 0 Å². The lowest BCUT2D eigenvalue weighted by atomic mass is 10.1. The molecule has 0 bridgehead atoms. The Balaban J connectivity index is 2.92. The summed E-state index contributed by atoms with van der Waals surface area (Å²) < 4.78 is 27.1. The summed E-state index contributed by atoms with van der Waals surface area (Å²) in [4.78, 5) is 10.7. The summed E-state index contributed by atoms with van der Waals surface area (Å²) in [6, 6.07) is -0.0788. The van der Waals surface area contributed by atoms with Crippen molar-refractivity contribution in [3.63, 3.8) is 0 Å². The van der Waals surface area contributed by atoms with Gasteiger partial charge in [-0.2, -0.15) is 17.0 Å². The number of aliphatic carboxylic acids is 1. The average molecular weight is 276 g/mol. The van der Waals surface area contributed by atoms with Crippen LogP contribution in [-0.2, 0) is 15.0 Å². The molecule has 0 aromatic carbocycles. The monoisotopic (exact) mass is 276 g/mol. The molecule has 6 nitrogen and oxygen atoms in total. The van der Waals surface area contributed by atoms with Gasteiger partial charge in [0.25, 0.3) is 10.2 Å². The quantitative estimate of drug-likeness (QED) is 0.724. The largest absolute Gasteiger partial charge is 0.480 e. The van der Waals surface area contributed by atoms with Crippen LogP contribution in [0.3, 0.4) is 0 Å². The van der Waals surface area contributed by atoms with E-state index in [1.54, 1.807) is 0 Å². The van der Waals surface area contributed by atoms with E-state index in [0.29, 0.717) is 6.54 Å². The fraction of sp³-hybridized carbons (Fsp3) is 0.727. The van der Waals surface area contributed by atoms with Crippen molar-refractivity contribution in [1.29, 1.82) is 0 Å². The zero-order chi connectivity index (χ0) is 13.8. The molecule has 0 aliphatic carbocycles. The number of rotatable bonds is 6. The van der Waals surface area contributed by atoms with Gasteiger partial charge in [0.05, 0.1) is 0 Å². The minimum absolute atomic E-state index is 0.0118. The molecule has 0 spiro atoms. The summed E-state index contributed by atoms with van der Waals surface area (Å²) in [7, 11) is -3.72. The Morgan fingerprint density at radius 3 is 2.72 bits per heavy atom. The van der Waals surface area contributed by atoms with E-state index in [-0.39, 0.29) is 12.6 Å². The molecular formula is C11H20N2O4S. The second-order valence-corrected chi connectivity index (χ2v) is 6.32. The van der Waals surface area contributed by atoms with Crippen molar-refractivity contribution in [2.75, 3.05) is 19.6 Å². The molecule has 18 heavy (non-hydrogen) atoms. The zero-order valence-corrected chi connectivity index (χ0v) is 11.4. The minimum Gasteiger partial charge on any atom is -0.480 e.